The number of hydrogen-bond donors (Lipinski definition) is 3. The first kappa shape index (κ1) is 25.4. The summed E-state index contributed by atoms with van der Waals surface area (Å²) in [5.41, 5.74) is -1.36. The molecule has 0 aromatic heterocycles. The zero-order chi connectivity index (χ0) is 25.8. The van der Waals surface area contributed by atoms with Crippen molar-refractivity contribution in [1.82, 2.24) is 0 Å². The summed E-state index contributed by atoms with van der Waals surface area (Å²) in [5, 5.41) is 32.5. The zero-order valence-electron chi connectivity index (χ0n) is 22.6. The highest BCUT2D eigenvalue weighted by Gasteiger charge is 2.72. The van der Waals surface area contributed by atoms with E-state index in [1.807, 2.05) is 6.08 Å². The number of hydrogen-bond acceptors (Lipinski definition) is 4. The Balaban J connectivity index is 1.68. The predicted molar refractivity (Wildman–Crippen MR) is 134 cm³/mol. The minimum absolute atomic E-state index is 0.0109. The second-order valence-electron chi connectivity index (χ2n) is 14.9. The predicted octanol–water partition coefficient (Wildman–Crippen LogP) is 5.39. The second-order valence-corrected chi connectivity index (χ2v) is 14.9. The fraction of sp³-hybridized carbons (Fsp3) is 0.867. The molecule has 0 saturated heterocycles. The lowest BCUT2D eigenvalue weighted by Gasteiger charge is -2.70. The van der Waals surface area contributed by atoms with E-state index in [1.54, 1.807) is 0 Å². The summed E-state index contributed by atoms with van der Waals surface area (Å²) in [6.45, 7) is 13.2. The summed E-state index contributed by atoms with van der Waals surface area (Å²) in [5.74, 6) is -0.784. The van der Waals surface area contributed by atoms with Crippen LogP contribution in [0.25, 0.3) is 0 Å². The molecule has 35 heavy (non-hydrogen) atoms. The Bertz CT molecular complexity index is 979. The fourth-order valence-electron chi connectivity index (χ4n) is 10.6. The van der Waals surface area contributed by atoms with Gasteiger partial charge in [-0.2, -0.15) is 0 Å². The molecule has 0 amide bonds. The van der Waals surface area contributed by atoms with Crippen LogP contribution in [0, 0.1) is 50.2 Å². The summed E-state index contributed by atoms with van der Waals surface area (Å²) in [7, 11) is 0. The molecule has 0 bridgehead atoms. The molecule has 0 radical (unpaired) electrons. The lowest BCUT2D eigenvalue weighted by atomic mass is 9.33. The van der Waals surface area contributed by atoms with Crippen LogP contribution in [0.1, 0.15) is 99.3 Å². The number of aliphatic hydroxyl groups excluding tert-OH is 2. The minimum atomic E-state index is -0.832. The van der Waals surface area contributed by atoms with Crippen LogP contribution in [-0.2, 0) is 9.59 Å². The van der Waals surface area contributed by atoms with Gasteiger partial charge in [-0.25, -0.2) is 0 Å². The molecular formula is C30H46O5. The second kappa shape index (κ2) is 7.43. The third-order valence-corrected chi connectivity index (χ3v) is 12.7. The molecule has 0 spiro atoms. The highest BCUT2D eigenvalue weighted by atomic mass is 16.4. The lowest BCUT2D eigenvalue weighted by molar-refractivity contribution is -0.212. The summed E-state index contributed by atoms with van der Waals surface area (Å²) in [4.78, 5) is 27.0. The Kier molecular flexibility index (Phi) is 5.40. The number of allylic oxidation sites excluding steroid dienone is 1. The van der Waals surface area contributed by atoms with Gasteiger partial charge in [-0.1, -0.05) is 47.1 Å². The van der Waals surface area contributed by atoms with Crippen molar-refractivity contribution in [2.24, 2.45) is 50.2 Å². The van der Waals surface area contributed by atoms with Gasteiger partial charge in [-0.15, -0.1) is 0 Å². The first-order valence-corrected chi connectivity index (χ1v) is 13.9. The minimum Gasteiger partial charge on any atom is -0.481 e. The average molecular weight is 487 g/mol. The Morgan fingerprint density at radius 1 is 0.971 bits per heavy atom. The monoisotopic (exact) mass is 486 g/mol. The molecule has 5 rings (SSSR count). The van der Waals surface area contributed by atoms with Gasteiger partial charge in [0.05, 0.1) is 18.1 Å². The van der Waals surface area contributed by atoms with Gasteiger partial charge in [0.15, 0.2) is 5.78 Å². The van der Waals surface area contributed by atoms with Crippen molar-refractivity contribution in [3.8, 4) is 0 Å². The third kappa shape index (κ3) is 3.00. The number of carboxylic acid groups (broad SMARTS) is 1. The van der Waals surface area contributed by atoms with E-state index < -0.39 is 22.2 Å². The Labute approximate surface area is 210 Å². The highest BCUT2D eigenvalue weighted by Crippen LogP contribution is 2.75. The van der Waals surface area contributed by atoms with E-state index in [1.165, 1.54) is 0 Å². The molecule has 5 aliphatic rings. The molecule has 0 aliphatic heterocycles. The van der Waals surface area contributed by atoms with Crippen LogP contribution in [-0.4, -0.2) is 39.8 Å². The molecule has 4 fully saturated rings. The summed E-state index contributed by atoms with van der Waals surface area (Å²) in [6, 6.07) is 0. The maximum Gasteiger partial charge on any atom is 0.310 e. The van der Waals surface area contributed by atoms with Crippen molar-refractivity contribution in [2.45, 2.75) is 105 Å². The van der Waals surface area contributed by atoms with Gasteiger partial charge in [0.1, 0.15) is 0 Å². The maximum atomic E-state index is 14.2. The van der Waals surface area contributed by atoms with Crippen molar-refractivity contribution in [3.63, 3.8) is 0 Å². The van der Waals surface area contributed by atoms with Gasteiger partial charge in [0, 0.05) is 11.3 Å². The van der Waals surface area contributed by atoms with Crippen LogP contribution in [0.2, 0.25) is 0 Å². The number of carbonyl (C=O) groups excluding carboxylic acids is 1. The molecule has 8 atom stereocenters. The SMILES string of the molecule is CC1(C)CCC2(C(=O)O)CCC3(CO)C(=CC(=O)C4C5(C)CCC(O)C(C)(C)C5CCC43C)C2C1. The van der Waals surface area contributed by atoms with Crippen LogP contribution in [0.5, 0.6) is 0 Å². The Morgan fingerprint density at radius 3 is 2.26 bits per heavy atom. The first-order valence-electron chi connectivity index (χ1n) is 13.9. The van der Waals surface area contributed by atoms with Crippen molar-refractivity contribution in [1.29, 1.82) is 0 Å². The number of ketones is 1. The molecule has 0 heterocycles. The Hall–Kier alpha value is -1.20. The Morgan fingerprint density at radius 2 is 1.63 bits per heavy atom. The van der Waals surface area contributed by atoms with Gasteiger partial charge in [0.25, 0.3) is 0 Å². The van der Waals surface area contributed by atoms with E-state index in [9.17, 15) is 24.9 Å². The van der Waals surface area contributed by atoms with Gasteiger partial charge >= 0.3 is 5.97 Å². The number of carbonyl (C=O) groups is 2. The molecule has 0 aromatic carbocycles. The topological polar surface area (TPSA) is 94.8 Å². The molecule has 4 saturated carbocycles. The van der Waals surface area contributed by atoms with Crippen LogP contribution < -0.4 is 0 Å². The summed E-state index contributed by atoms with van der Waals surface area (Å²) in [6.07, 6.45) is 8.20. The van der Waals surface area contributed by atoms with Crippen molar-refractivity contribution in [3.05, 3.63) is 11.6 Å². The molecule has 5 nitrogen and oxygen atoms in total. The van der Waals surface area contributed by atoms with Crippen LogP contribution >= 0.6 is 0 Å². The van der Waals surface area contributed by atoms with Gasteiger partial charge in [-0.3, -0.25) is 9.59 Å². The standard InChI is InChI=1S/C30H46O5/c1-25(2)11-12-29(24(34)35)13-14-30(17-31)18(19(29)16-25)15-20(32)23-27(5)9-8-22(33)26(3,4)21(27)7-10-28(23,30)6/h15,19,21-23,31,33H,7-14,16-17H2,1-6H3,(H,34,35). The molecule has 196 valence electrons. The largest absolute Gasteiger partial charge is 0.481 e. The molecule has 8 unspecified atom stereocenters. The van der Waals surface area contributed by atoms with Crippen molar-refractivity contribution < 1.29 is 24.9 Å². The summed E-state index contributed by atoms with van der Waals surface area (Å²) >= 11 is 0. The quantitative estimate of drug-likeness (QED) is 0.487. The van der Waals surface area contributed by atoms with Gasteiger partial charge in [-0.05, 0) is 97.4 Å². The van der Waals surface area contributed by atoms with E-state index >= 15 is 0 Å². The van der Waals surface area contributed by atoms with Crippen molar-refractivity contribution in [2.75, 3.05) is 6.61 Å². The lowest BCUT2D eigenvalue weighted by Crippen LogP contribution is -2.68. The van der Waals surface area contributed by atoms with Gasteiger partial charge in [0.2, 0.25) is 0 Å². The third-order valence-electron chi connectivity index (χ3n) is 12.7. The first-order chi connectivity index (χ1) is 16.1. The van der Waals surface area contributed by atoms with Crippen LogP contribution in [0.15, 0.2) is 11.6 Å². The smallest absolute Gasteiger partial charge is 0.310 e. The molecule has 5 heteroatoms. The molecule has 5 aliphatic carbocycles. The normalized spacial score (nSPS) is 50.2. The van der Waals surface area contributed by atoms with E-state index in [0.29, 0.717) is 25.7 Å². The van der Waals surface area contributed by atoms with Crippen LogP contribution in [0.3, 0.4) is 0 Å². The average Bonchev–Trinajstić information content (AvgIpc) is 2.76. The van der Waals surface area contributed by atoms with Crippen LogP contribution in [0.4, 0.5) is 0 Å². The molecular weight excluding hydrogens is 440 g/mol. The van der Waals surface area contributed by atoms with E-state index in [-0.39, 0.29) is 52.5 Å². The number of rotatable bonds is 2. The molecule has 0 aromatic rings. The van der Waals surface area contributed by atoms with E-state index in [0.717, 1.165) is 37.7 Å². The van der Waals surface area contributed by atoms with Gasteiger partial charge < -0.3 is 15.3 Å². The van der Waals surface area contributed by atoms with E-state index in [4.69, 9.17) is 0 Å². The number of fused-ring (bicyclic) bond motifs is 7. The summed E-state index contributed by atoms with van der Waals surface area (Å²) < 4.78 is 0. The maximum absolute atomic E-state index is 14.2. The van der Waals surface area contributed by atoms with E-state index in [2.05, 4.69) is 41.5 Å². The fourth-order valence-corrected chi connectivity index (χ4v) is 10.6. The number of aliphatic carboxylic acids is 1. The number of carboxylic acids is 1. The molecule has 3 N–H and O–H groups in total. The highest BCUT2D eigenvalue weighted by molar-refractivity contribution is 5.96. The zero-order valence-corrected chi connectivity index (χ0v) is 22.6. The number of aliphatic hydroxyl groups is 2. The van der Waals surface area contributed by atoms with Crippen molar-refractivity contribution >= 4 is 11.8 Å².